The van der Waals surface area contributed by atoms with Gasteiger partial charge in [-0.1, -0.05) is 6.07 Å². The lowest BCUT2D eigenvalue weighted by Gasteiger charge is -2.29. The zero-order chi connectivity index (χ0) is 24.0. The monoisotopic (exact) mass is 483 g/mol. The van der Waals surface area contributed by atoms with Crippen molar-refractivity contribution >= 4 is 33.4 Å². The molecule has 2 heterocycles. The Labute approximate surface area is 185 Å². The molecule has 1 saturated heterocycles. The van der Waals surface area contributed by atoms with Gasteiger partial charge in [0.1, 0.15) is 11.8 Å². The number of carbonyl (C=O) groups excluding carboxylic acids is 3. The van der Waals surface area contributed by atoms with Gasteiger partial charge in [-0.05, 0) is 42.3 Å². The fraction of sp³-hybridized carbons (Fsp3) is 0.250. The molecule has 174 valence electrons. The zero-order valence-electron chi connectivity index (χ0n) is 16.7. The van der Waals surface area contributed by atoms with Gasteiger partial charge in [0, 0.05) is 30.3 Å². The maximum Gasteiger partial charge on any atom is 0.573 e. The molecule has 1 fully saturated rings. The minimum Gasteiger partial charge on any atom is -0.406 e. The van der Waals surface area contributed by atoms with E-state index in [1.54, 1.807) is 0 Å². The van der Waals surface area contributed by atoms with Crippen LogP contribution in [0.2, 0.25) is 0 Å². The number of sulfonamides is 1. The molecule has 0 radical (unpaired) electrons. The largest absolute Gasteiger partial charge is 0.573 e. The summed E-state index contributed by atoms with van der Waals surface area (Å²) in [7, 11) is -4.27. The van der Waals surface area contributed by atoms with E-state index in [1.165, 1.54) is 23.1 Å². The second-order valence-corrected chi connectivity index (χ2v) is 9.08. The normalized spacial score (nSPS) is 18.7. The summed E-state index contributed by atoms with van der Waals surface area (Å²) < 4.78 is 68.6. The highest BCUT2D eigenvalue weighted by atomic mass is 32.2. The first-order valence-electron chi connectivity index (χ1n) is 9.59. The van der Waals surface area contributed by atoms with Gasteiger partial charge in [-0.15, -0.1) is 13.2 Å². The molecule has 2 N–H and O–H groups in total. The van der Waals surface area contributed by atoms with Crippen molar-refractivity contribution in [3.8, 4) is 5.75 Å². The maximum absolute atomic E-state index is 12.7. The first kappa shape index (κ1) is 22.6. The molecular formula is C20H16F3N3O6S. The van der Waals surface area contributed by atoms with E-state index in [2.05, 4.69) is 14.8 Å². The van der Waals surface area contributed by atoms with Gasteiger partial charge in [-0.25, -0.2) is 8.42 Å². The third-order valence-corrected chi connectivity index (χ3v) is 6.50. The summed E-state index contributed by atoms with van der Waals surface area (Å²) in [6.07, 6.45) is -4.70. The molecule has 0 bridgehead atoms. The number of anilines is 1. The molecule has 13 heteroatoms. The average molecular weight is 483 g/mol. The minimum absolute atomic E-state index is 0.0327. The predicted molar refractivity (Wildman–Crippen MR) is 106 cm³/mol. The van der Waals surface area contributed by atoms with Crippen LogP contribution in [0.3, 0.4) is 0 Å². The molecular weight excluding hydrogens is 467 g/mol. The molecule has 1 atom stereocenters. The van der Waals surface area contributed by atoms with Gasteiger partial charge in [0.2, 0.25) is 11.8 Å². The Morgan fingerprint density at radius 3 is 2.55 bits per heavy atom. The number of benzene rings is 2. The molecule has 1 unspecified atom stereocenters. The van der Waals surface area contributed by atoms with Crippen LogP contribution in [0.4, 0.5) is 18.9 Å². The number of rotatable bonds is 5. The first-order chi connectivity index (χ1) is 15.4. The molecule has 0 spiro atoms. The molecule has 2 aromatic rings. The van der Waals surface area contributed by atoms with E-state index in [0.29, 0.717) is 5.56 Å². The fourth-order valence-corrected chi connectivity index (χ4v) is 4.77. The Hall–Kier alpha value is -3.61. The molecule has 0 saturated carbocycles. The Morgan fingerprint density at radius 2 is 1.85 bits per heavy atom. The van der Waals surface area contributed by atoms with Crippen molar-refractivity contribution in [3.05, 3.63) is 53.6 Å². The quantitative estimate of drug-likeness (QED) is 0.629. The van der Waals surface area contributed by atoms with Crippen LogP contribution in [0.25, 0.3) is 0 Å². The third kappa shape index (κ3) is 4.77. The summed E-state index contributed by atoms with van der Waals surface area (Å²) in [5.74, 6) is -2.10. The van der Waals surface area contributed by atoms with Crippen LogP contribution in [-0.4, -0.2) is 43.4 Å². The number of amides is 3. The summed E-state index contributed by atoms with van der Waals surface area (Å²) in [6.45, 7) is 0.0327. The lowest BCUT2D eigenvalue weighted by molar-refractivity contribution is -0.274. The SMILES string of the molecule is O=C1CCC(N2Cc3cc(NS(=O)(=O)c4cccc(OC(F)(F)F)c4)ccc3C2=O)C(=O)N1. The molecule has 0 aromatic heterocycles. The number of ether oxygens (including phenoxy) is 1. The summed E-state index contributed by atoms with van der Waals surface area (Å²) in [6, 6.07) is 7.23. The van der Waals surface area contributed by atoms with E-state index >= 15 is 0 Å². The highest BCUT2D eigenvalue weighted by Crippen LogP contribution is 2.31. The fourth-order valence-electron chi connectivity index (χ4n) is 3.69. The van der Waals surface area contributed by atoms with Gasteiger partial charge in [0.25, 0.3) is 15.9 Å². The number of alkyl halides is 3. The first-order valence-corrected chi connectivity index (χ1v) is 11.1. The van der Waals surface area contributed by atoms with Crippen molar-refractivity contribution in [2.24, 2.45) is 0 Å². The number of hydrogen-bond donors (Lipinski definition) is 2. The number of hydrogen-bond acceptors (Lipinski definition) is 6. The van der Waals surface area contributed by atoms with E-state index in [-0.39, 0.29) is 30.6 Å². The van der Waals surface area contributed by atoms with E-state index < -0.39 is 50.8 Å². The zero-order valence-corrected chi connectivity index (χ0v) is 17.5. The Morgan fingerprint density at radius 1 is 1.09 bits per heavy atom. The van der Waals surface area contributed by atoms with E-state index in [1.807, 2.05) is 0 Å². The molecule has 33 heavy (non-hydrogen) atoms. The van der Waals surface area contributed by atoms with Crippen molar-refractivity contribution in [3.63, 3.8) is 0 Å². The van der Waals surface area contributed by atoms with Crippen molar-refractivity contribution in [1.29, 1.82) is 0 Å². The van der Waals surface area contributed by atoms with Crippen LogP contribution in [-0.2, 0) is 26.2 Å². The summed E-state index contributed by atoms with van der Waals surface area (Å²) in [4.78, 5) is 37.0. The molecule has 2 aliphatic rings. The summed E-state index contributed by atoms with van der Waals surface area (Å²) >= 11 is 0. The van der Waals surface area contributed by atoms with Crippen molar-refractivity contribution in [2.75, 3.05) is 4.72 Å². The number of nitrogens with zero attached hydrogens (tertiary/aromatic N) is 1. The number of carbonyl (C=O) groups is 3. The summed E-state index contributed by atoms with van der Waals surface area (Å²) in [5.41, 5.74) is 0.816. The van der Waals surface area contributed by atoms with Crippen LogP contribution >= 0.6 is 0 Å². The maximum atomic E-state index is 12.7. The van der Waals surface area contributed by atoms with Crippen LogP contribution in [0.15, 0.2) is 47.4 Å². The van der Waals surface area contributed by atoms with Gasteiger partial charge < -0.3 is 9.64 Å². The standard InChI is InChI=1S/C20H16F3N3O6S/c21-20(22,23)32-13-2-1-3-14(9-13)33(30,31)25-12-4-5-15-11(8-12)10-26(19(15)29)16-6-7-17(27)24-18(16)28/h1-5,8-9,16,25H,6-7,10H2,(H,24,27,28). The second kappa shape index (κ2) is 8.06. The van der Waals surface area contributed by atoms with Gasteiger partial charge in [0.15, 0.2) is 0 Å². The van der Waals surface area contributed by atoms with Crippen molar-refractivity contribution in [1.82, 2.24) is 10.2 Å². The molecule has 3 amide bonds. The highest BCUT2D eigenvalue weighted by molar-refractivity contribution is 7.92. The summed E-state index contributed by atoms with van der Waals surface area (Å²) in [5, 5.41) is 2.19. The van der Waals surface area contributed by atoms with E-state index in [4.69, 9.17) is 0 Å². The smallest absolute Gasteiger partial charge is 0.406 e. The Kier molecular flexibility index (Phi) is 5.52. The molecule has 0 aliphatic carbocycles. The van der Waals surface area contributed by atoms with Gasteiger partial charge in [0.05, 0.1) is 4.90 Å². The minimum atomic E-state index is -4.98. The van der Waals surface area contributed by atoms with Gasteiger partial charge >= 0.3 is 6.36 Å². The van der Waals surface area contributed by atoms with Crippen LogP contribution in [0.5, 0.6) is 5.75 Å². The lowest BCUT2D eigenvalue weighted by Crippen LogP contribution is -2.52. The highest BCUT2D eigenvalue weighted by Gasteiger charge is 2.39. The molecule has 2 aliphatic heterocycles. The number of halogens is 3. The van der Waals surface area contributed by atoms with E-state index in [9.17, 15) is 36.0 Å². The van der Waals surface area contributed by atoms with Crippen molar-refractivity contribution in [2.45, 2.75) is 36.7 Å². The van der Waals surface area contributed by atoms with Crippen LogP contribution in [0, 0.1) is 0 Å². The second-order valence-electron chi connectivity index (χ2n) is 7.40. The number of fused-ring (bicyclic) bond motifs is 1. The molecule has 9 nitrogen and oxygen atoms in total. The van der Waals surface area contributed by atoms with Crippen molar-refractivity contribution < 1.29 is 40.7 Å². The average Bonchev–Trinajstić information content (AvgIpc) is 3.02. The van der Waals surface area contributed by atoms with Gasteiger partial charge in [-0.3, -0.25) is 24.4 Å². The topological polar surface area (TPSA) is 122 Å². The Balaban J connectivity index is 1.53. The lowest BCUT2D eigenvalue weighted by atomic mass is 10.0. The third-order valence-electron chi connectivity index (χ3n) is 5.13. The van der Waals surface area contributed by atoms with E-state index in [0.717, 1.165) is 24.3 Å². The van der Waals surface area contributed by atoms with Crippen LogP contribution < -0.4 is 14.8 Å². The molecule has 2 aromatic carbocycles. The number of nitrogens with one attached hydrogen (secondary N) is 2. The number of piperidine rings is 1. The number of imide groups is 1. The molecule has 4 rings (SSSR count). The van der Waals surface area contributed by atoms with Gasteiger partial charge in [-0.2, -0.15) is 0 Å². The predicted octanol–water partition coefficient (Wildman–Crippen LogP) is 2.15. The van der Waals surface area contributed by atoms with Crippen LogP contribution in [0.1, 0.15) is 28.8 Å². The Bertz CT molecular complexity index is 1260.